The van der Waals surface area contributed by atoms with Crippen molar-refractivity contribution in [1.82, 2.24) is 5.32 Å². The number of hydrogen-bond donors (Lipinski definition) is 2. The van der Waals surface area contributed by atoms with Crippen molar-refractivity contribution >= 4 is 5.96 Å². The molecular weight excluding hydrogens is 306 g/mol. The molecule has 6 nitrogen and oxygen atoms in total. The quantitative estimate of drug-likeness (QED) is 0.535. The predicted octanol–water partition coefficient (Wildman–Crippen LogP) is 2.31. The SMILES string of the molecule is COCCC1(CNC(N)=NCc2ccc(OC)c(OC)c2)CCC1. The Labute approximate surface area is 144 Å². The minimum absolute atomic E-state index is 0.319. The van der Waals surface area contributed by atoms with Crippen LogP contribution >= 0.6 is 0 Å². The maximum atomic E-state index is 6.01. The van der Waals surface area contributed by atoms with Crippen LogP contribution in [-0.4, -0.2) is 40.4 Å². The van der Waals surface area contributed by atoms with Crippen LogP contribution in [-0.2, 0) is 11.3 Å². The van der Waals surface area contributed by atoms with E-state index in [1.54, 1.807) is 21.3 Å². The molecule has 0 saturated heterocycles. The van der Waals surface area contributed by atoms with Crippen LogP contribution in [0.2, 0.25) is 0 Å². The first-order valence-corrected chi connectivity index (χ1v) is 8.36. The maximum absolute atomic E-state index is 6.01. The first-order valence-electron chi connectivity index (χ1n) is 8.36. The third-order valence-electron chi connectivity index (χ3n) is 4.78. The van der Waals surface area contributed by atoms with Crippen molar-refractivity contribution in [1.29, 1.82) is 0 Å². The molecule has 0 bridgehead atoms. The van der Waals surface area contributed by atoms with E-state index in [1.807, 2.05) is 18.2 Å². The Bertz CT molecular complexity index is 556. The highest BCUT2D eigenvalue weighted by molar-refractivity contribution is 5.77. The van der Waals surface area contributed by atoms with E-state index in [9.17, 15) is 0 Å². The van der Waals surface area contributed by atoms with Gasteiger partial charge in [-0.3, -0.25) is 0 Å². The Morgan fingerprint density at radius 3 is 2.54 bits per heavy atom. The fraction of sp³-hybridized carbons (Fsp3) is 0.611. The Morgan fingerprint density at radius 1 is 1.21 bits per heavy atom. The van der Waals surface area contributed by atoms with Crippen LogP contribution in [0.4, 0.5) is 0 Å². The van der Waals surface area contributed by atoms with Gasteiger partial charge in [-0.25, -0.2) is 4.99 Å². The van der Waals surface area contributed by atoms with Gasteiger partial charge in [-0.05, 0) is 42.4 Å². The molecule has 1 saturated carbocycles. The van der Waals surface area contributed by atoms with Gasteiger partial charge < -0.3 is 25.3 Å². The van der Waals surface area contributed by atoms with Crippen LogP contribution in [0.5, 0.6) is 11.5 Å². The number of methoxy groups -OCH3 is 3. The van der Waals surface area contributed by atoms with E-state index < -0.39 is 0 Å². The number of benzene rings is 1. The van der Waals surface area contributed by atoms with Gasteiger partial charge in [0.05, 0.1) is 20.8 Å². The summed E-state index contributed by atoms with van der Waals surface area (Å²) in [5, 5.41) is 3.27. The van der Waals surface area contributed by atoms with E-state index in [4.69, 9.17) is 19.9 Å². The monoisotopic (exact) mass is 335 g/mol. The number of nitrogens with zero attached hydrogens (tertiary/aromatic N) is 1. The molecule has 0 spiro atoms. The number of aliphatic imine (C=N–C) groups is 1. The van der Waals surface area contributed by atoms with Gasteiger partial charge in [0, 0.05) is 20.3 Å². The van der Waals surface area contributed by atoms with Crippen LogP contribution < -0.4 is 20.5 Å². The summed E-state index contributed by atoms with van der Waals surface area (Å²) in [6, 6.07) is 5.76. The number of nitrogens with two attached hydrogens (primary N) is 1. The van der Waals surface area contributed by atoms with Gasteiger partial charge in [-0.2, -0.15) is 0 Å². The molecule has 24 heavy (non-hydrogen) atoms. The van der Waals surface area contributed by atoms with Crippen molar-refractivity contribution < 1.29 is 14.2 Å². The summed E-state index contributed by atoms with van der Waals surface area (Å²) in [5.74, 6) is 1.89. The molecule has 1 aliphatic rings. The van der Waals surface area contributed by atoms with Crippen molar-refractivity contribution in [3.63, 3.8) is 0 Å². The summed E-state index contributed by atoms with van der Waals surface area (Å²) in [4.78, 5) is 4.42. The predicted molar refractivity (Wildman–Crippen MR) is 95.7 cm³/mol. The van der Waals surface area contributed by atoms with E-state index in [0.29, 0.717) is 29.4 Å². The molecule has 0 atom stereocenters. The van der Waals surface area contributed by atoms with Gasteiger partial charge >= 0.3 is 0 Å². The third-order valence-corrected chi connectivity index (χ3v) is 4.78. The molecule has 0 unspecified atom stereocenters. The molecule has 0 aromatic heterocycles. The number of rotatable bonds is 9. The van der Waals surface area contributed by atoms with Crippen LogP contribution in [0.3, 0.4) is 0 Å². The first kappa shape index (κ1) is 18.4. The lowest BCUT2D eigenvalue weighted by atomic mass is 9.67. The Morgan fingerprint density at radius 2 is 1.96 bits per heavy atom. The maximum Gasteiger partial charge on any atom is 0.188 e. The molecule has 1 fully saturated rings. The molecule has 134 valence electrons. The van der Waals surface area contributed by atoms with E-state index >= 15 is 0 Å². The molecular formula is C18H29N3O3. The zero-order valence-corrected chi connectivity index (χ0v) is 14.9. The van der Waals surface area contributed by atoms with E-state index in [0.717, 1.165) is 25.1 Å². The van der Waals surface area contributed by atoms with Crippen molar-refractivity contribution in [2.45, 2.75) is 32.2 Å². The van der Waals surface area contributed by atoms with Gasteiger partial charge in [0.25, 0.3) is 0 Å². The molecule has 0 aliphatic heterocycles. The topological polar surface area (TPSA) is 78.1 Å². The summed E-state index contributed by atoms with van der Waals surface area (Å²) in [7, 11) is 5.00. The molecule has 0 amide bonds. The van der Waals surface area contributed by atoms with Gasteiger partial charge in [-0.15, -0.1) is 0 Å². The first-order chi connectivity index (χ1) is 11.6. The Kier molecular flexibility index (Phi) is 6.73. The average Bonchev–Trinajstić information content (AvgIpc) is 2.58. The minimum Gasteiger partial charge on any atom is -0.493 e. The molecule has 6 heteroatoms. The molecule has 2 rings (SSSR count). The normalized spacial score (nSPS) is 16.4. The average molecular weight is 335 g/mol. The van der Waals surface area contributed by atoms with Crippen molar-refractivity contribution in [3.8, 4) is 11.5 Å². The number of guanidine groups is 1. The van der Waals surface area contributed by atoms with Crippen LogP contribution in [0.1, 0.15) is 31.2 Å². The Balaban J connectivity index is 1.87. The van der Waals surface area contributed by atoms with E-state index in [-0.39, 0.29) is 0 Å². The van der Waals surface area contributed by atoms with Crippen LogP contribution in [0.25, 0.3) is 0 Å². The van der Waals surface area contributed by atoms with Gasteiger partial charge in [0.1, 0.15) is 0 Å². The number of nitrogens with one attached hydrogen (secondary N) is 1. The zero-order valence-electron chi connectivity index (χ0n) is 14.9. The lowest BCUT2D eigenvalue weighted by Crippen LogP contribution is -2.45. The summed E-state index contributed by atoms with van der Waals surface area (Å²) in [5.41, 5.74) is 7.36. The molecule has 0 heterocycles. The summed E-state index contributed by atoms with van der Waals surface area (Å²) in [6.07, 6.45) is 4.81. The largest absolute Gasteiger partial charge is 0.493 e. The fourth-order valence-electron chi connectivity index (χ4n) is 3.00. The lowest BCUT2D eigenvalue weighted by Gasteiger charge is -2.42. The molecule has 3 N–H and O–H groups in total. The smallest absolute Gasteiger partial charge is 0.188 e. The fourth-order valence-corrected chi connectivity index (χ4v) is 3.00. The van der Waals surface area contributed by atoms with Crippen molar-refractivity contribution in [2.24, 2.45) is 16.1 Å². The summed E-state index contributed by atoms with van der Waals surface area (Å²) >= 11 is 0. The minimum atomic E-state index is 0.319. The summed E-state index contributed by atoms with van der Waals surface area (Å²) in [6.45, 7) is 2.16. The van der Waals surface area contributed by atoms with Crippen LogP contribution in [0, 0.1) is 5.41 Å². The van der Waals surface area contributed by atoms with Crippen molar-refractivity contribution in [2.75, 3.05) is 34.5 Å². The summed E-state index contributed by atoms with van der Waals surface area (Å²) < 4.78 is 15.8. The Hall–Kier alpha value is -1.95. The van der Waals surface area contributed by atoms with Gasteiger partial charge in [-0.1, -0.05) is 12.5 Å². The van der Waals surface area contributed by atoms with E-state index in [2.05, 4.69) is 10.3 Å². The molecule has 1 aromatic carbocycles. The second-order valence-corrected chi connectivity index (χ2v) is 6.34. The highest BCUT2D eigenvalue weighted by Crippen LogP contribution is 2.43. The second kappa shape index (κ2) is 8.78. The molecule has 0 radical (unpaired) electrons. The zero-order chi connectivity index (χ0) is 17.4. The van der Waals surface area contributed by atoms with Gasteiger partial charge in [0.15, 0.2) is 17.5 Å². The lowest BCUT2D eigenvalue weighted by molar-refractivity contribution is 0.0734. The second-order valence-electron chi connectivity index (χ2n) is 6.34. The van der Waals surface area contributed by atoms with E-state index in [1.165, 1.54) is 19.3 Å². The molecule has 1 aliphatic carbocycles. The molecule has 1 aromatic rings. The number of ether oxygens (including phenoxy) is 3. The highest BCUT2D eigenvalue weighted by Gasteiger charge is 2.36. The number of hydrogen-bond acceptors (Lipinski definition) is 4. The van der Waals surface area contributed by atoms with Crippen molar-refractivity contribution in [3.05, 3.63) is 23.8 Å². The standard InChI is InChI=1S/C18H29N3O3/c1-22-10-9-18(7-4-8-18)13-21-17(19)20-12-14-5-6-15(23-2)16(11-14)24-3/h5-6,11H,4,7-10,12-13H2,1-3H3,(H3,19,20,21). The van der Waals surface area contributed by atoms with Crippen LogP contribution in [0.15, 0.2) is 23.2 Å². The third kappa shape index (κ3) is 4.77. The van der Waals surface area contributed by atoms with Gasteiger partial charge in [0.2, 0.25) is 0 Å². The highest BCUT2D eigenvalue weighted by atomic mass is 16.5.